The molecule has 0 unspecified atom stereocenters. The standard InChI is InChI=1S/C22H30N4O4/c1-4-29-21(27)19-14-26(18-8-6-5-7-9-18)24-20(19)23-17-10-12-25(13-11-17)22(28)30-15-16(2)3/h5-9,14,16-17H,4,10-13,15H2,1-3H3,(H,23,24). The maximum Gasteiger partial charge on any atom is 0.409 e. The molecule has 1 amide bonds. The predicted molar refractivity (Wildman–Crippen MR) is 114 cm³/mol. The predicted octanol–water partition coefficient (Wildman–Crippen LogP) is 3.72. The molecule has 1 N–H and O–H groups in total. The monoisotopic (exact) mass is 414 g/mol. The molecule has 1 aliphatic rings. The summed E-state index contributed by atoms with van der Waals surface area (Å²) < 4.78 is 12.2. The zero-order valence-electron chi connectivity index (χ0n) is 17.8. The molecule has 3 rings (SSSR count). The quantitative estimate of drug-likeness (QED) is 0.695. The Hall–Kier alpha value is -3.03. The van der Waals surface area contributed by atoms with Gasteiger partial charge in [0.05, 0.1) is 18.9 Å². The molecular weight excluding hydrogens is 384 g/mol. The van der Waals surface area contributed by atoms with Crippen molar-refractivity contribution in [3.63, 3.8) is 0 Å². The summed E-state index contributed by atoms with van der Waals surface area (Å²) in [6.45, 7) is 7.73. The molecule has 8 nitrogen and oxygen atoms in total. The molecule has 1 fully saturated rings. The van der Waals surface area contributed by atoms with Crippen molar-refractivity contribution in [3.05, 3.63) is 42.1 Å². The Labute approximate surface area is 177 Å². The van der Waals surface area contributed by atoms with Gasteiger partial charge in [0.15, 0.2) is 5.82 Å². The zero-order chi connectivity index (χ0) is 21.5. The number of rotatable bonds is 7. The smallest absolute Gasteiger partial charge is 0.409 e. The second-order valence-electron chi connectivity index (χ2n) is 7.77. The topological polar surface area (TPSA) is 85.7 Å². The van der Waals surface area contributed by atoms with Gasteiger partial charge in [-0.3, -0.25) is 0 Å². The first-order valence-corrected chi connectivity index (χ1v) is 10.5. The maximum atomic E-state index is 12.4. The van der Waals surface area contributed by atoms with Crippen molar-refractivity contribution in [2.75, 3.05) is 31.6 Å². The Morgan fingerprint density at radius 2 is 1.87 bits per heavy atom. The van der Waals surface area contributed by atoms with Crippen LogP contribution in [0.1, 0.15) is 44.0 Å². The number of carbonyl (C=O) groups excluding carboxylic acids is 2. The van der Waals surface area contributed by atoms with Gasteiger partial charge in [-0.05, 0) is 37.8 Å². The number of carbonyl (C=O) groups is 2. The van der Waals surface area contributed by atoms with Crippen molar-refractivity contribution in [2.24, 2.45) is 5.92 Å². The summed E-state index contributed by atoms with van der Waals surface area (Å²) in [5.74, 6) is 0.407. The third-order valence-electron chi connectivity index (χ3n) is 4.86. The highest BCUT2D eigenvalue weighted by molar-refractivity contribution is 5.94. The molecule has 0 bridgehead atoms. The van der Waals surface area contributed by atoms with E-state index in [1.54, 1.807) is 22.7 Å². The van der Waals surface area contributed by atoms with E-state index >= 15 is 0 Å². The highest BCUT2D eigenvalue weighted by atomic mass is 16.6. The van der Waals surface area contributed by atoms with Gasteiger partial charge in [0.1, 0.15) is 5.56 Å². The van der Waals surface area contributed by atoms with Gasteiger partial charge >= 0.3 is 12.1 Å². The summed E-state index contributed by atoms with van der Waals surface area (Å²) in [5, 5.41) is 7.96. The van der Waals surface area contributed by atoms with Crippen LogP contribution in [0.4, 0.5) is 10.6 Å². The number of ether oxygens (including phenoxy) is 2. The van der Waals surface area contributed by atoms with Crippen molar-refractivity contribution in [2.45, 2.75) is 39.7 Å². The molecule has 8 heteroatoms. The summed E-state index contributed by atoms with van der Waals surface area (Å²) in [4.78, 5) is 26.3. The summed E-state index contributed by atoms with van der Waals surface area (Å²) in [6.07, 6.45) is 2.92. The average Bonchev–Trinajstić information content (AvgIpc) is 3.17. The normalized spacial score (nSPS) is 14.6. The lowest BCUT2D eigenvalue weighted by Crippen LogP contribution is -2.43. The number of aromatic nitrogens is 2. The van der Waals surface area contributed by atoms with E-state index in [0.29, 0.717) is 43.6 Å². The number of anilines is 1. The number of nitrogens with one attached hydrogen (secondary N) is 1. The molecular formula is C22H30N4O4. The second kappa shape index (κ2) is 10.1. The van der Waals surface area contributed by atoms with E-state index in [1.807, 2.05) is 44.2 Å². The first-order chi connectivity index (χ1) is 14.5. The second-order valence-corrected chi connectivity index (χ2v) is 7.77. The summed E-state index contributed by atoms with van der Waals surface area (Å²) in [6, 6.07) is 9.72. The van der Waals surface area contributed by atoms with Gasteiger partial charge in [-0.2, -0.15) is 0 Å². The molecule has 30 heavy (non-hydrogen) atoms. The van der Waals surface area contributed by atoms with E-state index in [2.05, 4.69) is 10.4 Å². The number of hydrogen-bond donors (Lipinski definition) is 1. The van der Waals surface area contributed by atoms with Crippen LogP contribution in [0.15, 0.2) is 36.5 Å². The van der Waals surface area contributed by atoms with Crippen molar-refractivity contribution in [3.8, 4) is 5.69 Å². The van der Waals surface area contributed by atoms with Crippen LogP contribution in [0.25, 0.3) is 5.69 Å². The van der Waals surface area contributed by atoms with Crippen LogP contribution in [0.2, 0.25) is 0 Å². The Kier molecular flexibility index (Phi) is 7.32. The highest BCUT2D eigenvalue weighted by Gasteiger charge is 2.26. The lowest BCUT2D eigenvalue weighted by atomic mass is 10.1. The van der Waals surface area contributed by atoms with E-state index in [1.165, 1.54) is 0 Å². The highest BCUT2D eigenvalue weighted by Crippen LogP contribution is 2.22. The number of likely N-dealkylation sites (tertiary alicyclic amines) is 1. The van der Waals surface area contributed by atoms with Gasteiger partial charge in [0.25, 0.3) is 0 Å². The number of esters is 1. The summed E-state index contributed by atoms with van der Waals surface area (Å²) in [7, 11) is 0. The number of benzene rings is 1. The maximum absolute atomic E-state index is 12.4. The zero-order valence-corrected chi connectivity index (χ0v) is 17.8. The Morgan fingerprint density at radius 3 is 2.50 bits per heavy atom. The molecule has 1 aromatic heterocycles. The van der Waals surface area contributed by atoms with Gasteiger partial charge in [-0.1, -0.05) is 32.0 Å². The minimum Gasteiger partial charge on any atom is -0.462 e. The molecule has 0 radical (unpaired) electrons. The van der Waals surface area contributed by atoms with Crippen LogP contribution in [0.5, 0.6) is 0 Å². The molecule has 162 valence electrons. The Morgan fingerprint density at radius 1 is 1.17 bits per heavy atom. The van der Waals surface area contributed by atoms with Crippen molar-refractivity contribution >= 4 is 17.9 Å². The molecule has 1 aromatic carbocycles. The van der Waals surface area contributed by atoms with E-state index in [0.717, 1.165) is 18.5 Å². The largest absolute Gasteiger partial charge is 0.462 e. The van der Waals surface area contributed by atoms with Crippen LogP contribution in [-0.2, 0) is 9.47 Å². The molecule has 0 saturated carbocycles. The van der Waals surface area contributed by atoms with Gasteiger partial charge in [0, 0.05) is 25.3 Å². The first kappa shape index (κ1) is 21.7. The number of amides is 1. The van der Waals surface area contributed by atoms with Crippen LogP contribution in [0, 0.1) is 5.92 Å². The number of nitrogens with zero attached hydrogens (tertiary/aromatic N) is 3. The van der Waals surface area contributed by atoms with Crippen LogP contribution >= 0.6 is 0 Å². The molecule has 2 aromatic rings. The van der Waals surface area contributed by atoms with Crippen molar-refractivity contribution in [1.29, 1.82) is 0 Å². The van der Waals surface area contributed by atoms with E-state index in [-0.39, 0.29) is 12.1 Å². The van der Waals surface area contributed by atoms with Crippen LogP contribution in [-0.4, -0.2) is 59.1 Å². The lowest BCUT2D eigenvalue weighted by molar-refractivity contribution is 0.0527. The van der Waals surface area contributed by atoms with Crippen LogP contribution in [0.3, 0.4) is 0 Å². The fraction of sp³-hybridized carbons (Fsp3) is 0.500. The van der Waals surface area contributed by atoms with Crippen molar-refractivity contribution in [1.82, 2.24) is 14.7 Å². The molecule has 0 aliphatic carbocycles. The fourth-order valence-electron chi connectivity index (χ4n) is 3.28. The number of piperidine rings is 1. The summed E-state index contributed by atoms with van der Waals surface area (Å²) >= 11 is 0. The van der Waals surface area contributed by atoms with Gasteiger partial charge in [-0.25, -0.2) is 14.3 Å². The lowest BCUT2D eigenvalue weighted by Gasteiger charge is -2.32. The van der Waals surface area contributed by atoms with Crippen LogP contribution < -0.4 is 5.32 Å². The fourth-order valence-corrected chi connectivity index (χ4v) is 3.28. The minimum atomic E-state index is -0.406. The SMILES string of the molecule is CCOC(=O)c1cn(-c2ccccc2)nc1NC1CCN(C(=O)OCC(C)C)CC1. The van der Waals surface area contributed by atoms with Gasteiger partial charge < -0.3 is 19.7 Å². The van der Waals surface area contributed by atoms with E-state index < -0.39 is 5.97 Å². The average molecular weight is 415 g/mol. The third kappa shape index (κ3) is 5.52. The third-order valence-corrected chi connectivity index (χ3v) is 4.86. The Balaban J connectivity index is 1.66. The molecule has 1 aliphatic heterocycles. The molecule has 1 saturated heterocycles. The number of hydrogen-bond acceptors (Lipinski definition) is 6. The molecule has 2 heterocycles. The van der Waals surface area contributed by atoms with Gasteiger partial charge in [0.2, 0.25) is 0 Å². The van der Waals surface area contributed by atoms with E-state index in [4.69, 9.17) is 9.47 Å². The first-order valence-electron chi connectivity index (χ1n) is 10.5. The summed E-state index contributed by atoms with van der Waals surface area (Å²) in [5.41, 5.74) is 1.26. The molecule has 0 atom stereocenters. The number of para-hydroxylation sites is 1. The Bertz CT molecular complexity index is 842. The van der Waals surface area contributed by atoms with E-state index in [9.17, 15) is 9.59 Å². The minimum absolute atomic E-state index is 0.103. The van der Waals surface area contributed by atoms with Crippen molar-refractivity contribution < 1.29 is 19.1 Å². The van der Waals surface area contributed by atoms with Gasteiger partial charge in [-0.15, -0.1) is 5.10 Å². The molecule has 0 spiro atoms.